The zero-order valence-electron chi connectivity index (χ0n) is 18.3. The average molecular weight is 447 g/mol. The van der Waals surface area contributed by atoms with Gasteiger partial charge in [0.1, 0.15) is 11.5 Å². The Hall–Kier alpha value is -4.70. The molecule has 0 atom stereocenters. The number of hydrogen-bond donors (Lipinski definition) is 0. The first-order chi connectivity index (χ1) is 16.8. The Kier molecular flexibility index (Phi) is 6.40. The van der Waals surface area contributed by atoms with Gasteiger partial charge < -0.3 is 18.9 Å². The molecule has 0 aliphatic heterocycles. The fourth-order valence-corrected chi connectivity index (χ4v) is 3.32. The molecule has 34 heavy (non-hydrogen) atoms. The molecule has 0 aliphatic rings. The Morgan fingerprint density at radius 3 is 0.765 bits per heavy atom. The maximum absolute atomic E-state index is 6.25. The topological polar surface area (TPSA) is 36.9 Å². The summed E-state index contributed by atoms with van der Waals surface area (Å²) in [7, 11) is 0. The van der Waals surface area contributed by atoms with Gasteiger partial charge in [0.15, 0.2) is 34.5 Å². The second-order valence-corrected chi connectivity index (χ2v) is 7.37. The van der Waals surface area contributed by atoms with E-state index in [0.717, 1.165) is 11.5 Å². The van der Waals surface area contributed by atoms with Crippen molar-refractivity contribution in [2.75, 3.05) is 0 Å². The molecule has 0 unspecified atom stereocenters. The Morgan fingerprint density at radius 1 is 0.235 bits per heavy atom. The number of rotatable bonds is 8. The van der Waals surface area contributed by atoms with Gasteiger partial charge in [0.05, 0.1) is 0 Å². The molecule has 166 valence electrons. The van der Waals surface area contributed by atoms with Crippen molar-refractivity contribution in [3.63, 3.8) is 0 Å². The van der Waals surface area contributed by atoms with Crippen LogP contribution in [-0.2, 0) is 0 Å². The molecule has 4 nitrogen and oxygen atoms in total. The van der Waals surface area contributed by atoms with E-state index in [9.17, 15) is 0 Å². The highest BCUT2D eigenvalue weighted by Gasteiger charge is 2.14. The summed E-state index contributed by atoms with van der Waals surface area (Å²) in [6, 6.07) is 41.8. The molecule has 0 saturated carbocycles. The van der Waals surface area contributed by atoms with Crippen LogP contribution in [0.5, 0.6) is 46.0 Å². The standard InChI is InChI=1S/C30H22O4/c1-3-13-23(14-4-1)31-25-17-7-9-19-27(25)33-29-21-11-12-22-30(29)34-28-20-10-8-18-26(28)32-24-15-5-2-6-16-24/h1-22H. The van der Waals surface area contributed by atoms with Crippen LogP contribution in [0.1, 0.15) is 0 Å². The van der Waals surface area contributed by atoms with Gasteiger partial charge in [-0.3, -0.25) is 0 Å². The van der Waals surface area contributed by atoms with Crippen molar-refractivity contribution in [2.45, 2.75) is 0 Å². The SMILES string of the molecule is c1ccc(Oc2ccccc2Oc2ccccc2Oc2ccccc2Oc2ccccc2)cc1. The molecular formula is C30H22O4. The van der Waals surface area contributed by atoms with Crippen LogP contribution < -0.4 is 18.9 Å². The number of ether oxygens (including phenoxy) is 4. The largest absolute Gasteiger partial charge is 0.453 e. The van der Waals surface area contributed by atoms with Crippen LogP contribution in [0.4, 0.5) is 0 Å². The quantitative estimate of drug-likeness (QED) is 0.238. The van der Waals surface area contributed by atoms with Crippen LogP contribution >= 0.6 is 0 Å². The van der Waals surface area contributed by atoms with Gasteiger partial charge in [-0.2, -0.15) is 0 Å². The molecule has 5 rings (SSSR count). The lowest BCUT2D eigenvalue weighted by Gasteiger charge is -2.16. The first-order valence-corrected chi connectivity index (χ1v) is 10.9. The second-order valence-electron chi connectivity index (χ2n) is 7.37. The van der Waals surface area contributed by atoms with Crippen molar-refractivity contribution in [1.82, 2.24) is 0 Å². The molecule has 0 N–H and O–H groups in total. The van der Waals surface area contributed by atoms with Crippen molar-refractivity contribution in [3.05, 3.63) is 133 Å². The van der Waals surface area contributed by atoms with E-state index < -0.39 is 0 Å². The molecule has 4 heteroatoms. The van der Waals surface area contributed by atoms with Crippen molar-refractivity contribution < 1.29 is 18.9 Å². The molecule has 0 radical (unpaired) electrons. The Bertz CT molecular complexity index is 1240. The number of para-hydroxylation sites is 8. The maximum Gasteiger partial charge on any atom is 0.170 e. The van der Waals surface area contributed by atoms with Crippen LogP contribution in [0.25, 0.3) is 0 Å². The van der Waals surface area contributed by atoms with Gasteiger partial charge >= 0.3 is 0 Å². The average Bonchev–Trinajstić information content (AvgIpc) is 2.89. The predicted molar refractivity (Wildman–Crippen MR) is 133 cm³/mol. The van der Waals surface area contributed by atoms with Crippen molar-refractivity contribution in [3.8, 4) is 46.0 Å². The summed E-state index contributed by atoms with van der Waals surface area (Å²) in [5, 5.41) is 0. The predicted octanol–water partition coefficient (Wildman–Crippen LogP) is 8.86. The fourth-order valence-electron chi connectivity index (χ4n) is 3.32. The summed E-state index contributed by atoms with van der Waals surface area (Å²) < 4.78 is 24.6. The van der Waals surface area contributed by atoms with Crippen LogP contribution in [0, 0.1) is 0 Å². The van der Waals surface area contributed by atoms with E-state index in [1.807, 2.05) is 133 Å². The molecule has 5 aromatic rings. The highest BCUT2D eigenvalue weighted by molar-refractivity contribution is 5.52. The third-order valence-corrected chi connectivity index (χ3v) is 4.93. The summed E-state index contributed by atoms with van der Waals surface area (Å²) in [4.78, 5) is 0. The molecule has 5 aromatic carbocycles. The fraction of sp³-hybridized carbons (Fsp3) is 0. The zero-order chi connectivity index (χ0) is 23.0. The normalized spacial score (nSPS) is 10.4. The smallest absolute Gasteiger partial charge is 0.170 e. The molecular weight excluding hydrogens is 424 g/mol. The van der Waals surface area contributed by atoms with E-state index >= 15 is 0 Å². The lowest BCUT2D eigenvalue weighted by atomic mass is 10.2. The summed E-state index contributed by atoms with van der Waals surface area (Å²) in [6.45, 7) is 0. The molecule has 0 saturated heterocycles. The van der Waals surface area contributed by atoms with Gasteiger partial charge in [-0.25, -0.2) is 0 Å². The van der Waals surface area contributed by atoms with E-state index in [4.69, 9.17) is 18.9 Å². The van der Waals surface area contributed by atoms with Crippen LogP contribution in [0.2, 0.25) is 0 Å². The monoisotopic (exact) mass is 446 g/mol. The van der Waals surface area contributed by atoms with Gasteiger partial charge in [0.25, 0.3) is 0 Å². The Balaban J connectivity index is 1.40. The van der Waals surface area contributed by atoms with E-state index in [-0.39, 0.29) is 0 Å². The van der Waals surface area contributed by atoms with E-state index in [1.165, 1.54) is 0 Å². The zero-order valence-corrected chi connectivity index (χ0v) is 18.3. The summed E-state index contributed by atoms with van der Waals surface area (Å²) >= 11 is 0. The number of hydrogen-bond acceptors (Lipinski definition) is 4. The van der Waals surface area contributed by atoms with Crippen molar-refractivity contribution in [1.29, 1.82) is 0 Å². The lowest BCUT2D eigenvalue weighted by Crippen LogP contribution is -1.94. The van der Waals surface area contributed by atoms with Crippen molar-refractivity contribution in [2.24, 2.45) is 0 Å². The first kappa shape index (κ1) is 21.2. The molecule has 0 amide bonds. The highest BCUT2D eigenvalue weighted by atomic mass is 16.6. The Labute approximate surface area is 198 Å². The van der Waals surface area contributed by atoms with E-state index in [0.29, 0.717) is 34.5 Å². The van der Waals surface area contributed by atoms with Gasteiger partial charge in [0.2, 0.25) is 0 Å². The molecule has 0 spiro atoms. The van der Waals surface area contributed by atoms with Crippen LogP contribution in [0.3, 0.4) is 0 Å². The van der Waals surface area contributed by atoms with E-state index in [1.54, 1.807) is 0 Å². The van der Waals surface area contributed by atoms with E-state index in [2.05, 4.69) is 0 Å². The molecule has 0 bridgehead atoms. The van der Waals surface area contributed by atoms with Gasteiger partial charge in [-0.15, -0.1) is 0 Å². The van der Waals surface area contributed by atoms with Crippen molar-refractivity contribution >= 4 is 0 Å². The van der Waals surface area contributed by atoms with Gasteiger partial charge in [0, 0.05) is 0 Å². The molecule has 0 heterocycles. The lowest BCUT2D eigenvalue weighted by molar-refractivity contribution is 0.382. The summed E-state index contributed by atoms with van der Waals surface area (Å²) in [5.41, 5.74) is 0. The summed E-state index contributed by atoms with van der Waals surface area (Å²) in [5.74, 6) is 4.95. The first-order valence-electron chi connectivity index (χ1n) is 10.9. The number of benzene rings is 5. The minimum absolute atomic E-state index is 0.557. The van der Waals surface area contributed by atoms with Crippen LogP contribution in [-0.4, -0.2) is 0 Å². The van der Waals surface area contributed by atoms with Crippen LogP contribution in [0.15, 0.2) is 133 Å². The third kappa shape index (κ3) is 5.19. The molecule has 0 aromatic heterocycles. The maximum atomic E-state index is 6.25. The summed E-state index contributed by atoms with van der Waals surface area (Å²) in [6.07, 6.45) is 0. The highest BCUT2D eigenvalue weighted by Crippen LogP contribution is 2.41. The second kappa shape index (κ2) is 10.3. The minimum Gasteiger partial charge on any atom is -0.453 e. The third-order valence-electron chi connectivity index (χ3n) is 4.93. The molecule has 0 aliphatic carbocycles. The van der Waals surface area contributed by atoms with Gasteiger partial charge in [-0.05, 0) is 60.7 Å². The van der Waals surface area contributed by atoms with Gasteiger partial charge in [-0.1, -0.05) is 72.8 Å². The Morgan fingerprint density at radius 2 is 0.471 bits per heavy atom. The molecule has 0 fully saturated rings. The minimum atomic E-state index is 0.557.